The maximum absolute atomic E-state index is 5.45. The van der Waals surface area contributed by atoms with E-state index in [2.05, 4.69) is 12.1 Å². The molecule has 0 saturated carbocycles. The van der Waals surface area contributed by atoms with Gasteiger partial charge in [0, 0.05) is 0 Å². The van der Waals surface area contributed by atoms with Gasteiger partial charge in [-0.05, 0) is 46.2 Å². The molecular formula is C20H20O4. The molecule has 0 heterocycles. The van der Waals surface area contributed by atoms with Crippen LogP contribution in [0.2, 0.25) is 0 Å². The lowest BCUT2D eigenvalue weighted by molar-refractivity contribution is 0.355. The smallest absolute Gasteiger partial charge is 0.161 e. The predicted octanol–water partition coefficient (Wildman–Crippen LogP) is 4.54. The van der Waals surface area contributed by atoms with E-state index in [9.17, 15) is 0 Å². The Labute approximate surface area is 141 Å². The van der Waals surface area contributed by atoms with Crippen LogP contribution in [0.4, 0.5) is 0 Å². The first-order valence-corrected chi connectivity index (χ1v) is 7.59. The van der Waals surface area contributed by atoms with Crippen LogP contribution in [0.3, 0.4) is 0 Å². The van der Waals surface area contributed by atoms with Gasteiger partial charge in [-0.3, -0.25) is 0 Å². The first-order chi connectivity index (χ1) is 11.7. The average Bonchev–Trinajstić information content (AvgIpc) is 2.65. The van der Waals surface area contributed by atoms with Crippen molar-refractivity contribution >= 4 is 10.8 Å². The van der Waals surface area contributed by atoms with Crippen molar-refractivity contribution in [2.75, 3.05) is 28.4 Å². The number of benzene rings is 3. The Morgan fingerprint density at radius 3 is 1.88 bits per heavy atom. The topological polar surface area (TPSA) is 36.9 Å². The summed E-state index contributed by atoms with van der Waals surface area (Å²) in [6, 6.07) is 16.1. The number of fused-ring (bicyclic) bond motifs is 1. The molecule has 0 N–H and O–H groups in total. The summed E-state index contributed by atoms with van der Waals surface area (Å²) >= 11 is 0. The molecule has 0 aliphatic rings. The van der Waals surface area contributed by atoms with Gasteiger partial charge in [-0.1, -0.05) is 24.3 Å². The maximum atomic E-state index is 5.45. The summed E-state index contributed by atoms with van der Waals surface area (Å²) in [6.45, 7) is 0. The molecular weight excluding hydrogens is 304 g/mol. The van der Waals surface area contributed by atoms with Gasteiger partial charge >= 0.3 is 0 Å². The van der Waals surface area contributed by atoms with E-state index < -0.39 is 0 Å². The Kier molecular flexibility index (Phi) is 4.47. The van der Waals surface area contributed by atoms with Crippen LogP contribution in [0.5, 0.6) is 23.0 Å². The lowest BCUT2D eigenvalue weighted by Gasteiger charge is -2.14. The third-order valence-electron chi connectivity index (χ3n) is 4.08. The maximum Gasteiger partial charge on any atom is 0.161 e. The van der Waals surface area contributed by atoms with E-state index in [0.29, 0.717) is 17.2 Å². The minimum absolute atomic E-state index is 0.701. The van der Waals surface area contributed by atoms with Crippen molar-refractivity contribution < 1.29 is 18.9 Å². The zero-order valence-corrected chi connectivity index (χ0v) is 14.3. The van der Waals surface area contributed by atoms with Gasteiger partial charge in [0.2, 0.25) is 0 Å². The van der Waals surface area contributed by atoms with Crippen molar-refractivity contribution in [3.63, 3.8) is 0 Å². The average molecular weight is 324 g/mol. The fourth-order valence-electron chi connectivity index (χ4n) is 2.86. The molecule has 0 saturated heterocycles. The van der Waals surface area contributed by atoms with Gasteiger partial charge in [-0.2, -0.15) is 0 Å². The predicted molar refractivity (Wildman–Crippen MR) is 95.6 cm³/mol. The van der Waals surface area contributed by atoms with E-state index in [-0.39, 0.29) is 0 Å². The highest BCUT2D eigenvalue weighted by atomic mass is 16.5. The molecule has 4 nitrogen and oxygen atoms in total. The highest BCUT2D eigenvalue weighted by Gasteiger charge is 2.12. The van der Waals surface area contributed by atoms with Crippen molar-refractivity contribution in [1.82, 2.24) is 0 Å². The van der Waals surface area contributed by atoms with E-state index in [4.69, 9.17) is 18.9 Å². The summed E-state index contributed by atoms with van der Waals surface area (Å²) in [4.78, 5) is 0. The molecule has 0 unspecified atom stereocenters. The minimum Gasteiger partial charge on any atom is -0.493 e. The number of rotatable bonds is 5. The summed E-state index contributed by atoms with van der Waals surface area (Å²) in [5.41, 5.74) is 2.14. The van der Waals surface area contributed by atoms with Crippen molar-refractivity contribution in [2.24, 2.45) is 0 Å². The fourth-order valence-corrected chi connectivity index (χ4v) is 2.86. The Morgan fingerprint density at radius 1 is 0.583 bits per heavy atom. The molecule has 0 amide bonds. The van der Waals surface area contributed by atoms with Gasteiger partial charge in [-0.25, -0.2) is 0 Å². The first kappa shape index (κ1) is 16.0. The monoisotopic (exact) mass is 324 g/mol. The molecule has 3 aromatic carbocycles. The van der Waals surface area contributed by atoms with E-state index >= 15 is 0 Å². The Morgan fingerprint density at radius 2 is 1.21 bits per heavy atom. The summed E-state index contributed by atoms with van der Waals surface area (Å²) < 4.78 is 21.6. The minimum atomic E-state index is 0.701. The van der Waals surface area contributed by atoms with Crippen molar-refractivity contribution in [1.29, 1.82) is 0 Å². The number of hydrogen-bond donors (Lipinski definition) is 0. The van der Waals surface area contributed by atoms with Gasteiger partial charge in [0.1, 0.15) is 0 Å². The van der Waals surface area contributed by atoms with Crippen LogP contribution in [-0.2, 0) is 0 Å². The summed E-state index contributed by atoms with van der Waals surface area (Å²) in [7, 11) is 6.55. The molecule has 0 atom stereocenters. The normalized spacial score (nSPS) is 10.5. The van der Waals surface area contributed by atoms with Crippen molar-refractivity contribution in [3.8, 4) is 34.1 Å². The van der Waals surface area contributed by atoms with Crippen LogP contribution >= 0.6 is 0 Å². The van der Waals surface area contributed by atoms with Crippen LogP contribution in [0.15, 0.2) is 48.5 Å². The van der Waals surface area contributed by atoms with Gasteiger partial charge in [0.15, 0.2) is 23.0 Å². The molecule has 0 radical (unpaired) electrons. The van der Waals surface area contributed by atoms with Crippen molar-refractivity contribution in [2.45, 2.75) is 0 Å². The van der Waals surface area contributed by atoms with Crippen molar-refractivity contribution in [3.05, 3.63) is 48.5 Å². The molecule has 124 valence electrons. The van der Waals surface area contributed by atoms with Crippen LogP contribution in [0, 0.1) is 0 Å². The van der Waals surface area contributed by atoms with E-state index in [1.165, 1.54) is 0 Å². The first-order valence-electron chi connectivity index (χ1n) is 7.59. The highest BCUT2D eigenvalue weighted by molar-refractivity contribution is 5.98. The molecule has 0 aliphatic carbocycles. The highest BCUT2D eigenvalue weighted by Crippen LogP contribution is 2.39. The lowest BCUT2D eigenvalue weighted by atomic mass is 9.97. The molecule has 0 spiro atoms. The van der Waals surface area contributed by atoms with Gasteiger partial charge in [-0.15, -0.1) is 0 Å². The van der Waals surface area contributed by atoms with E-state index in [0.717, 1.165) is 27.6 Å². The molecule has 24 heavy (non-hydrogen) atoms. The molecule has 4 heteroatoms. The lowest BCUT2D eigenvalue weighted by Crippen LogP contribution is -1.93. The zero-order chi connectivity index (χ0) is 17.1. The SMILES string of the molecule is COc1ccc(-c2cccc3cc(OC)c(OC)cc23)cc1OC. The van der Waals surface area contributed by atoms with Crippen LogP contribution in [0.1, 0.15) is 0 Å². The molecule has 0 aliphatic heterocycles. The molecule has 0 bridgehead atoms. The van der Waals surface area contributed by atoms with Gasteiger partial charge < -0.3 is 18.9 Å². The van der Waals surface area contributed by atoms with Crippen LogP contribution in [-0.4, -0.2) is 28.4 Å². The quantitative estimate of drug-likeness (QED) is 0.690. The molecule has 3 rings (SSSR count). The second-order valence-electron chi connectivity index (χ2n) is 5.30. The molecule has 3 aromatic rings. The van der Waals surface area contributed by atoms with Crippen LogP contribution < -0.4 is 18.9 Å². The fraction of sp³-hybridized carbons (Fsp3) is 0.200. The molecule has 0 fully saturated rings. The largest absolute Gasteiger partial charge is 0.493 e. The van der Waals surface area contributed by atoms with Crippen LogP contribution in [0.25, 0.3) is 21.9 Å². The standard InChI is InChI=1S/C20H20O4/c1-21-17-9-8-14(11-18(17)22-2)15-7-5-6-13-10-19(23-3)20(24-4)12-16(13)15/h5-12H,1-4H3. The Balaban J connectivity index is 2.23. The summed E-state index contributed by atoms with van der Waals surface area (Å²) in [5, 5.41) is 2.17. The Hall–Kier alpha value is -2.88. The van der Waals surface area contributed by atoms with E-state index in [1.54, 1.807) is 28.4 Å². The second kappa shape index (κ2) is 6.71. The van der Waals surface area contributed by atoms with E-state index in [1.807, 2.05) is 36.4 Å². The zero-order valence-electron chi connectivity index (χ0n) is 14.3. The van der Waals surface area contributed by atoms with Gasteiger partial charge in [0.05, 0.1) is 28.4 Å². The summed E-state index contributed by atoms with van der Waals surface area (Å²) in [5.74, 6) is 2.83. The molecule has 0 aromatic heterocycles. The summed E-state index contributed by atoms with van der Waals surface area (Å²) in [6.07, 6.45) is 0. The third kappa shape index (κ3) is 2.71. The number of ether oxygens (including phenoxy) is 4. The second-order valence-corrected chi connectivity index (χ2v) is 5.30. The number of hydrogen-bond acceptors (Lipinski definition) is 4. The Bertz CT molecular complexity index is 871. The van der Waals surface area contributed by atoms with Gasteiger partial charge in [0.25, 0.3) is 0 Å². The third-order valence-corrected chi connectivity index (χ3v) is 4.08. The number of methoxy groups -OCH3 is 4.